The van der Waals surface area contributed by atoms with Crippen molar-refractivity contribution < 1.29 is 4.79 Å². The Morgan fingerprint density at radius 1 is 1.35 bits per heavy atom. The van der Waals surface area contributed by atoms with Crippen LogP contribution < -0.4 is 11.1 Å². The molecule has 0 radical (unpaired) electrons. The highest BCUT2D eigenvalue weighted by Crippen LogP contribution is 2.48. The van der Waals surface area contributed by atoms with Gasteiger partial charge in [0.2, 0.25) is 5.91 Å². The Balaban J connectivity index is 1.81. The quantitative estimate of drug-likeness (QED) is 0.712. The van der Waals surface area contributed by atoms with E-state index in [2.05, 4.69) is 5.32 Å². The molecule has 3 nitrogen and oxygen atoms in total. The molecule has 3 heteroatoms. The first-order chi connectivity index (χ1) is 8.10. The van der Waals surface area contributed by atoms with E-state index in [0.29, 0.717) is 6.54 Å². The molecule has 0 saturated heterocycles. The van der Waals surface area contributed by atoms with Gasteiger partial charge in [0.1, 0.15) is 0 Å². The number of carbonyl (C=O) groups excluding carboxylic acids is 1. The van der Waals surface area contributed by atoms with Gasteiger partial charge in [-0.2, -0.15) is 0 Å². The molecule has 2 rings (SSSR count). The Kier molecular flexibility index (Phi) is 3.76. The van der Waals surface area contributed by atoms with Crippen molar-refractivity contribution in [3.05, 3.63) is 0 Å². The number of hydrogen-bond acceptors (Lipinski definition) is 2. The first-order valence-electron chi connectivity index (χ1n) is 7.09. The van der Waals surface area contributed by atoms with Crippen LogP contribution in [0.5, 0.6) is 0 Å². The van der Waals surface area contributed by atoms with Gasteiger partial charge in [0.05, 0.1) is 5.41 Å². The van der Waals surface area contributed by atoms with Gasteiger partial charge in [-0.1, -0.05) is 6.92 Å². The zero-order valence-electron chi connectivity index (χ0n) is 11.2. The minimum Gasteiger partial charge on any atom is -0.355 e. The maximum Gasteiger partial charge on any atom is 0.227 e. The number of carbonyl (C=O) groups is 1. The highest BCUT2D eigenvalue weighted by atomic mass is 16.2. The third-order valence-electron chi connectivity index (χ3n) is 4.73. The first-order valence-corrected chi connectivity index (χ1v) is 7.09. The van der Waals surface area contributed by atoms with E-state index in [1.165, 1.54) is 25.7 Å². The van der Waals surface area contributed by atoms with Crippen molar-refractivity contribution >= 4 is 5.91 Å². The fourth-order valence-electron chi connectivity index (χ4n) is 2.59. The van der Waals surface area contributed by atoms with Crippen LogP contribution in [0.25, 0.3) is 0 Å². The van der Waals surface area contributed by atoms with E-state index in [1.54, 1.807) is 0 Å². The summed E-state index contributed by atoms with van der Waals surface area (Å²) in [5.41, 5.74) is 5.33. The minimum absolute atomic E-state index is 0.147. The minimum atomic E-state index is -0.377. The molecule has 2 saturated carbocycles. The average molecular weight is 238 g/mol. The maximum absolute atomic E-state index is 12.1. The molecular weight excluding hydrogens is 212 g/mol. The molecule has 1 amide bonds. The van der Waals surface area contributed by atoms with Gasteiger partial charge in [0.15, 0.2) is 0 Å². The molecule has 3 N–H and O–H groups in total. The van der Waals surface area contributed by atoms with E-state index < -0.39 is 0 Å². The van der Waals surface area contributed by atoms with Crippen molar-refractivity contribution in [2.75, 3.05) is 13.1 Å². The fourth-order valence-corrected chi connectivity index (χ4v) is 2.59. The Labute approximate surface area is 105 Å². The maximum atomic E-state index is 12.1. The summed E-state index contributed by atoms with van der Waals surface area (Å²) in [6.07, 6.45) is 6.31. The van der Waals surface area contributed by atoms with Gasteiger partial charge >= 0.3 is 0 Å². The number of hydrogen-bond donors (Lipinski definition) is 2. The fraction of sp³-hybridized carbons (Fsp3) is 0.929. The summed E-state index contributed by atoms with van der Waals surface area (Å²) < 4.78 is 0. The van der Waals surface area contributed by atoms with Crippen LogP contribution >= 0.6 is 0 Å². The van der Waals surface area contributed by atoms with Crippen molar-refractivity contribution in [3.63, 3.8) is 0 Å². The van der Waals surface area contributed by atoms with Crippen LogP contribution in [-0.2, 0) is 4.79 Å². The summed E-state index contributed by atoms with van der Waals surface area (Å²) in [4.78, 5) is 12.1. The van der Waals surface area contributed by atoms with Gasteiger partial charge in [-0.25, -0.2) is 0 Å². The second kappa shape index (κ2) is 4.97. The monoisotopic (exact) mass is 238 g/mol. The Morgan fingerprint density at radius 2 is 1.88 bits per heavy atom. The lowest BCUT2D eigenvalue weighted by molar-refractivity contribution is -0.130. The molecule has 0 heterocycles. The Morgan fingerprint density at radius 3 is 2.24 bits per heavy atom. The second-order valence-corrected chi connectivity index (χ2v) is 6.17. The lowest BCUT2D eigenvalue weighted by Gasteiger charge is -2.26. The summed E-state index contributed by atoms with van der Waals surface area (Å²) in [6.45, 7) is 5.31. The third-order valence-corrected chi connectivity index (χ3v) is 4.73. The zero-order valence-corrected chi connectivity index (χ0v) is 11.2. The predicted molar refractivity (Wildman–Crippen MR) is 69.4 cm³/mol. The molecule has 0 aromatic rings. The second-order valence-electron chi connectivity index (χ2n) is 6.17. The largest absolute Gasteiger partial charge is 0.355 e. The van der Waals surface area contributed by atoms with Crippen molar-refractivity contribution in [1.29, 1.82) is 0 Å². The number of nitrogens with two attached hydrogens (primary N) is 1. The summed E-state index contributed by atoms with van der Waals surface area (Å²) in [6, 6.07) is 0. The lowest BCUT2D eigenvalue weighted by atomic mass is 9.86. The van der Waals surface area contributed by atoms with Gasteiger partial charge < -0.3 is 11.1 Å². The first kappa shape index (κ1) is 12.9. The van der Waals surface area contributed by atoms with E-state index in [9.17, 15) is 4.79 Å². The summed E-state index contributed by atoms with van der Waals surface area (Å²) in [7, 11) is 0. The van der Waals surface area contributed by atoms with Crippen LogP contribution in [0.15, 0.2) is 0 Å². The zero-order chi connectivity index (χ0) is 12.5. The molecule has 17 heavy (non-hydrogen) atoms. The van der Waals surface area contributed by atoms with Crippen LogP contribution in [0, 0.1) is 23.2 Å². The lowest BCUT2D eigenvalue weighted by Crippen LogP contribution is -2.45. The van der Waals surface area contributed by atoms with Gasteiger partial charge in [-0.05, 0) is 56.8 Å². The van der Waals surface area contributed by atoms with E-state index in [4.69, 9.17) is 5.73 Å². The smallest absolute Gasteiger partial charge is 0.227 e. The molecule has 0 aromatic carbocycles. The van der Waals surface area contributed by atoms with Crippen molar-refractivity contribution in [3.8, 4) is 0 Å². The predicted octanol–water partition coefficient (Wildman–Crippen LogP) is 1.91. The Bertz CT molecular complexity index is 266. The van der Waals surface area contributed by atoms with E-state index in [0.717, 1.165) is 30.7 Å². The van der Waals surface area contributed by atoms with Crippen LogP contribution in [-0.4, -0.2) is 19.0 Å². The van der Waals surface area contributed by atoms with Crippen molar-refractivity contribution in [2.24, 2.45) is 28.9 Å². The van der Waals surface area contributed by atoms with Gasteiger partial charge in [-0.3, -0.25) is 4.79 Å². The standard InChI is InChI=1S/C14H26N2O/c1-3-14(2,9-15)13(17)16-8-12(10-4-5-10)11-6-7-11/h10-12H,3-9,15H2,1-2H3,(H,16,17). The summed E-state index contributed by atoms with van der Waals surface area (Å²) in [5, 5.41) is 3.15. The molecule has 0 spiro atoms. The SMILES string of the molecule is CCC(C)(CN)C(=O)NCC(C1CC1)C1CC1. The van der Waals surface area contributed by atoms with E-state index in [1.807, 2.05) is 13.8 Å². The third kappa shape index (κ3) is 3.01. The average Bonchev–Trinajstić information content (AvgIpc) is 3.18. The summed E-state index contributed by atoms with van der Waals surface area (Å²) in [5.74, 6) is 2.69. The topological polar surface area (TPSA) is 55.1 Å². The molecule has 98 valence electrons. The van der Waals surface area contributed by atoms with Crippen molar-refractivity contribution in [2.45, 2.75) is 46.0 Å². The van der Waals surface area contributed by atoms with Gasteiger partial charge in [-0.15, -0.1) is 0 Å². The van der Waals surface area contributed by atoms with E-state index in [-0.39, 0.29) is 11.3 Å². The van der Waals surface area contributed by atoms with Crippen LogP contribution in [0.4, 0.5) is 0 Å². The molecule has 0 bridgehead atoms. The van der Waals surface area contributed by atoms with E-state index >= 15 is 0 Å². The highest BCUT2D eigenvalue weighted by Gasteiger charge is 2.41. The van der Waals surface area contributed by atoms with Gasteiger partial charge in [0.25, 0.3) is 0 Å². The number of amides is 1. The molecule has 0 aliphatic heterocycles. The number of nitrogens with one attached hydrogen (secondary N) is 1. The van der Waals surface area contributed by atoms with Crippen LogP contribution in [0.2, 0.25) is 0 Å². The van der Waals surface area contributed by atoms with Crippen LogP contribution in [0.3, 0.4) is 0 Å². The molecule has 1 atom stereocenters. The Hall–Kier alpha value is -0.570. The number of rotatable bonds is 7. The van der Waals surface area contributed by atoms with Gasteiger partial charge in [0, 0.05) is 13.1 Å². The molecular formula is C14H26N2O. The highest BCUT2D eigenvalue weighted by molar-refractivity contribution is 5.82. The molecule has 1 unspecified atom stereocenters. The van der Waals surface area contributed by atoms with Crippen molar-refractivity contribution in [1.82, 2.24) is 5.32 Å². The normalized spacial score (nSPS) is 23.5. The molecule has 2 aliphatic carbocycles. The van der Waals surface area contributed by atoms with Crippen LogP contribution in [0.1, 0.15) is 46.0 Å². The summed E-state index contributed by atoms with van der Waals surface area (Å²) >= 11 is 0. The molecule has 0 aromatic heterocycles. The molecule has 2 fully saturated rings. The molecule has 2 aliphatic rings.